The van der Waals surface area contributed by atoms with Gasteiger partial charge in [-0.1, -0.05) is 42.5 Å². The van der Waals surface area contributed by atoms with Crippen LogP contribution >= 0.6 is 15.9 Å². The second-order valence-electron chi connectivity index (χ2n) is 6.56. The zero-order chi connectivity index (χ0) is 22.9. The number of carbonyl (C=O) groups excluding carboxylic acids is 2. The van der Waals surface area contributed by atoms with Gasteiger partial charge in [-0.15, -0.1) is 0 Å². The van der Waals surface area contributed by atoms with Gasteiger partial charge in [-0.25, -0.2) is 0 Å². The van der Waals surface area contributed by atoms with Gasteiger partial charge in [0.15, 0.2) is 0 Å². The van der Waals surface area contributed by atoms with Crippen molar-refractivity contribution in [2.24, 2.45) is 0 Å². The molecule has 0 radical (unpaired) electrons. The predicted octanol–water partition coefficient (Wildman–Crippen LogP) is 4.21. The van der Waals surface area contributed by atoms with Gasteiger partial charge in [-0.3, -0.25) is 14.4 Å². The fourth-order valence-corrected chi connectivity index (χ4v) is 3.01. The molecule has 0 atom stereocenters. The molecule has 0 fully saturated rings. The average Bonchev–Trinajstić information content (AvgIpc) is 2.80. The molecule has 32 heavy (non-hydrogen) atoms. The Kier molecular flexibility index (Phi) is 7.77. The van der Waals surface area contributed by atoms with Crippen molar-refractivity contribution in [1.29, 1.82) is 0 Å². The molecular formula is C24H19BrN2O5. The van der Waals surface area contributed by atoms with E-state index in [1.165, 1.54) is 6.08 Å². The van der Waals surface area contributed by atoms with Gasteiger partial charge in [0, 0.05) is 5.56 Å². The van der Waals surface area contributed by atoms with E-state index in [4.69, 9.17) is 9.84 Å². The van der Waals surface area contributed by atoms with Crippen molar-refractivity contribution >= 4 is 39.8 Å². The summed E-state index contributed by atoms with van der Waals surface area (Å²) < 4.78 is 6.63. The van der Waals surface area contributed by atoms with Gasteiger partial charge in [0.25, 0.3) is 11.8 Å². The highest BCUT2D eigenvalue weighted by molar-refractivity contribution is 9.10. The van der Waals surface area contributed by atoms with E-state index in [0.717, 1.165) is 4.47 Å². The highest BCUT2D eigenvalue weighted by atomic mass is 79.9. The van der Waals surface area contributed by atoms with Crippen LogP contribution < -0.4 is 15.4 Å². The summed E-state index contributed by atoms with van der Waals surface area (Å²) in [6.07, 6.45) is 1.46. The molecule has 0 bridgehead atoms. The van der Waals surface area contributed by atoms with Gasteiger partial charge < -0.3 is 20.5 Å². The number of amides is 2. The van der Waals surface area contributed by atoms with Crippen LogP contribution in [0.4, 0.5) is 0 Å². The molecule has 0 heterocycles. The molecule has 3 rings (SSSR count). The van der Waals surface area contributed by atoms with Gasteiger partial charge in [-0.2, -0.15) is 0 Å². The first-order valence-electron chi connectivity index (χ1n) is 9.53. The summed E-state index contributed by atoms with van der Waals surface area (Å²) in [7, 11) is 0. The van der Waals surface area contributed by atoms with Crippen LogP contribution in [0.5, 0.6) is 11.5 Å². The van der Waals surface area contributed by atoms with E-state index in [9.17, 15) is 14.4 Å². The Morgan fingerprint density at radius 2 is 1.56 bits per heavy atom. The Labute approximate surface area is 192 Å². The van der Waals surface area contributed by atoms with Crippen molar-refractivity contribution in [3.63, 3.8) is 0 Å². The third-order valence-corrected chi connectivity index (χ3v) is 4.84. The van der Waals surface area contributed by atoms with Crippen molar-refractivity contribution in [1.82, 2.24) is 10.6 Å². The molecule has 0 aliphatic rings. The molecule has 8 heteroatoms. The minimum Gasteiger partial charge on any atom is -0.480 e. The van der Waals surface area contributed by atoms with Crippen LogP contribution in [0.15, 0.2) is 89.0 Å². The maximum absolute atomic E-state index is 12.5. The Balaban J connectivity index is 1.80. The number of rotatable bonds is 8. The number of carbonyl (C=O) groups is 3. The van der Waals surface area contributed by atoms with Gasteiger partial charge in [0.2, 0.25) is 0 Å². The number of carboxylic acids is 1. The number of benzene rings is 3. The van der Waals surface area contributed by atoms with Crippen LogP contribution in [-0.2, 0) is 9.59 Å². The minimum absolute atomic E-state index is 0.0837. The fraction of sp³-hybridized carbons (Fsp3) is 0.0417. The monoisotopic (exact) mass is 494 g/mol. The lowest BCUT2D eigenvalue weighted by atomic mass is 10.1. The number of nitrogens with one attached hydrogen (secondary N) is 2. The third-order valence-electron chi connectivity index (χ3n) is 4.18. The molecule has 0 spiro atoms. The number of hydrogen-bond donors (Lipinski definition) is 3. The topological polar surface area (TPSA) is 105 Å². The van der Waals surface area contributed by atoms with E-state index in [1.807, 2.05) is 24.3 Å². The highest BCUT2D eigenvalue weighted by Crippen LogP contribution is 2.29. The molecular weight excluding hydrogens is 476 g/mol. The number of halogens is 1. The molecule has 0 aliphatic heterocycles. The van der Waals surface area contributed by atoms with Crippen LogP contribution in [0, 0.1) is 0 Å². The maximum Gasteiger partial charge on any atom is 0.322 e. The summed E-state index contributed by atoms with van der Waals surface area (Å²) in [6, 6.07) is 22.7. The normalized spacial score (nSPS) is 10.8. The molecule has 7 nitrogen and oxygen atoms in total. The summed E-state index contributed by atoms with van der Waals surface area (Å²) in [6.45, 7) is -0.573. The van der Waals surface area contributed by atoms with E-state index in [0.29, 0.717) is 22.6 Å². The van der Waals surface area contributed by atoms with Gasteiger partial charge in [0.05, 0.1) is 4.47 Å². The molecule has 3 aromatic carbocycles. The lowest BCUT2D eigenvalue weighted by Crippen LogP contribution is -2.37. The number of ether oxygens (including phenoxy) is 1. The van der Waals surface area contributed by atoms with Crippen molar-refractivity contribution in [2.75, 3.05) is 6.54 Å². The van der Waals surface area contributed by atoms with Crippen LogP contribution in [0.2, 0.25) is 0 Å². The zero-order valence-corrected chi connectivity index (χ0v) is 18.3. The number of aliphatic carboxylic acids is 1. The molecule has 0 saturated carbocycles. The Bertz CT molecular complexity index is 1140. The van der Waals surface area contributed by atoms with Crippen molar-refractivity contribution in [3.05, 3.63) is 100 Å². The van der Waals surface area contributed by atoms with Gasteiger partial charge >= 0.3 is 5.97 Å². The second kappa shape index (κ2) is 10.9. The molecule has 2 amide bonds. The van der Waals surface area contributed by atoms with Gasteiger partial charge in [0.1, 0.15) is 23.7 Å². The summed E-state index contributed by atoms with van der Waals surface area (Å²) in [4.78, 5) is 35.8. The van der Waals surface area contributed by atoms with Crippen LogP contribution in [0.1, 0.15) is 15.9 Å². The van der Waals surface area contributed by atoms with E-state index in [-0.39, 0.29) is 5.70 Å². The van der Waals surface area contributed by atoms with E-state index >= 15 is 0 Å². The smallest absolute Gasteiger partial charge is 0.322 e. The molecule has 0 aliphatic carbocycles. The fourth-order valence-electron chi connectivity index (χ4n) is 2.65. The Morgan fingerprint density at radius 3 is 2.22 bits per heavy atom. The van der Waals surface area contributed by atoms with Crippen molar-refractivity contribution in [3.8, 4) is 11.5 Å². The summed E-state index contributed by atoms with van der Waals surface area (Å²) in [5.41, 5.74) is 0.888. The van der Waals surface area contributed by atoms with E-state index in [2.05, 4.69) is 26.6 Å². The number of carboxylic acid groups (broad SMARTS) is 1. The maximum atomic E-state index is 12.5. The first kappa shape index (κ1) is 22.8. The Morgan fingerprint density at radius 1 is 0.906 bits per heavy atom. The minimum atomic E-state index is -1.19. The molecule has 3 N–H and O–H groups in total. The summed E-state index contributed by atoms with van der Waals surface area (Å²) in [5.74, 6) is -1.17. The number of para-hydroxylation sites is 1. The molecule has 0 aromatic heterocycles. The lowest BCUT2D eigenvalue weighted by molar-refractivity contribution is -0.137. The molecule has 162 valence electrons. The van der Waals surface area contributed by atoms with Crippen LogP contribution in [0.3, 0.4) is 0 Å². The molecule has 0 saturated heterocycles. The Hall–Kier alpha value is -3.91. The summed E-state index contributed by atoms with van der Waals surface area (Å²) in [5, 5.41) is 13.6. The lowest BCUT2D eigenvalue weighted by Gasteiger charge is -2.11. The zero-order valence-electron chi connectivity index (χ0n) is 16.7. The standard InChI is InChI=1S/C24H19BrN2O5/c25-19-8-4-5-9-21(19)32-18-12-10-16(11-13-18)14-20(24(31)26-15-22(28)29)27-23(30)17-6-2-1-3-7-17/h1-14H,15H2,(H,26,31)(H,27,30)(H,28,29)/b20-14+. The predicted molar refractivity (Wildman–Crippen MR) is 123 cm³/mol. The molecule has 0 unspecified atom stereocenters. The quantitative estimate of drug-likeness (QED) is 0.406. The van der Waals surface area contributed by atoms with Gasteiger partial charge in [-0.05, 0) is 64.0 Å². The second-order valence-corrected chi connectivity index (χ2v) is 7.41. The van der Waals surface area contributed by atoms with Crippen molar-refractivity contribution in [2.45, 2.75) is 0 Å². The largest absolute Gasteiger partial charge is 0.480 e. The third kappa shape index (κ3) is 6.55. The SMILES string of the molecule is O=C(O)CNC(=O)/C(=C\c1ccc(Oc2ccccc2Br)cc1)NC(=O)c1ccccc1. The summed E-state index contributed by atoms with van der Waals surface area (Å²) >= 11 is 3.42. The average molecular weight is 495 g/mol. The first-order valence-corrected chi connectivity index (χ1v) is 10.3. The highest BCUT2D eigenvalue weighted by Gasteiger charge is 2.15. The van der Waals surface area contributed by atoms with E-state index < -0.39 is 24.3 Å². The van der Waals surface area contributed by atoms with Crippen molar-refractivity contribution < 1.29 is 24.2 Å². The van der Waals surface area contributed by atoms with Crippen LogP contribution in [0.25, 0.3) is 6.08 Å². The number of hydrogen-bond acceptors (Lipinski definition) is 4. The van der Waals surface area contributed by atoms with Crippen LogP contribution in [-0.4, -0.2) is 29.4 Å². The molecule has 3 aromatic rings. The first-order chi connectivity index (χ1) is 15.4. The van der Waals surface area contributed by atoms with E-state index in [1.54, 1.807) is 54.6 Å².